The zero-order valence-electron chi connectivity index (χ0n) is 12.7. The third-order valence-corrected chi connectivity index (χ3v) is 4.21. The molecule has 2 amide bonds. The van der Waals surface area contributed by atoms with Crippen molar-refractivity contribution in [3.8, 4) is 0 Å². The zero-order valence-corrected chi connectivity index (χ0v) is 13.4. The maximum atomic E-state index is 12.6. The van der Waals surface area contributed by atoms with Crippen LogP contribution in [0.25, 0.3) is 0 Å². The molecule has 2 aromatic rings. The maximum absolute atomic E-state index is 12.6. The van der Waals surface area contributed by atoms with E-state index in [1.54, 1.807) is 52.4 Å². The molecule has 5 nitrogen and oxygen atoms in total. The number of rotatable bonds is 2. The van der Waals surface area contributed by atoms with Gasteiger partial charge in [0.05, 0.1) is 0 Å². The summed E-state index contributed by atoms with van der Waals surface area (Å²) < 4.78 is 0. The molecule has 0 aliphatic carbocycles. The van der Waals surface area contributed by atoms with Crippen LogP contribution in [0.4, 0.5) is 0 Å². The Morgan fingerprint density at radius 2 is 1.70 bits per heavy atom. The summed E-state index contributed by atoms with van der Waals surface area (Å²) >= 11 is 5.95. The molecule has 6 heteroatoms. The minimum absolute atomic E-state index is 0.0212. The van der Waals surface area contributed by atoms with Crippen molar-refractivity contribution in [2.45, 2.75) is 6.42 Å². The van der Waals surface area contributed by atoms with Gasteiger partial charge < -0.3 is 14.8 Å². The largest absolute Gasteiger partial charge is 0.357 e. The Kier molecular flexibility index (Phi) is 4.67. The highest BCUT2D eigenvalue weighted by molar-refractivity contribution is 6.30. The van der Waals surface area contributed by atoms with Gasteiger partial charge >= 0.3 is 0 Å². The van der Waals surface area contributed by atoms with Crippen LogP contribution in [-0.4, -0.2) is 52.8 Å². The molecule has 0 bridgehead atoms. The second kappa shape index (κ2) is 6.87. The fourth-order valence-electron chi connectivity index (χ4n) is 2.76. The van der Waals surface area contributed by atoms with Gasteiger partial charge in [-0.3, -0.25) is 9.59 Å². The lowest BCUT2D eigenvalue weighted by Crippen LogP contribution is -2.37. The van der Waals surface area contributed by atoms with Gasteiger partial charge in [-0.25, -0.2) is 0 Å². The number of aromatic nitrogens is 1. The Balaban J connectivity index is 1.66. The number of benzene rings is 1. The highest BCUT2D eigenvalue weighted by Gasteiger charge is 2.23. The first-order valence-electron chi connectivity index (χ1n) is 7.62. The fraction of sp³-hybridized carbons (Fsp3) is 0.294. The Bertz CT molecular complexity index is 700. The number of hydrogen-bond acceptors (Lipinski definition) is 2. The molecule has 1 fully saturated rings. The molecule has 1 saturated heterocycles. The van der Waals surface area contributed by atoms with Crippen LogP contribution in [0.5, 0.6) is 0 Å². The molecule has 1 aromatic carbocycles. The molecule has 0 atom stereocenters. The molecule has 3 rings (SSSR count). The SMILES string of the molecule is O=C(c1cccc(Cl)c1)N1CCCN(C(=O)c2ccc[nH]2)CC1. The number of halogens is 1. The number of hydrogen-bond donors (Lipinski definition) is 1. The van der Waals surface area contributed by atoms with Crippen molar-refractivity contribution in [2.75, 3.05) is 26.2 Å². The molecule has 0 radical (unpaired) electrons. The standard InChI is InChI=1S/C17H18ClN3O2/c18-14-5-1-4-13(12-14)16(22)20-8-3-9-21(11-10-20)17(23)15-6-2-7-19-15/h1-2,4-7,12,19H,3,8-11H2. The molecule has 0 unspecified atom stereocenters. The van der Waals surface area contributed by atoms with Crippen molar-refractivity contribution in [2.24, 2.45) is 0 Å². The van der Waals surface area contributed by atoms with Gasteiger partial charge in [-0.2, -0.15) is 0 Å². The summed E-state index contributed by atoms with van der Waals surface area (Å²) in [5.74, 6) is -0.0614. The number of carbonyl (C=O) groups is 2. The van der Waals surface area contributed by atoms with Gasteiger partial charge in [0, 0.05) is 43.0 Å². The van der Waals surface area contributed by atoms with Crippen LogP contribution >= 0.6 is 11.6 Å². The van der Waals surface area contributed by atoms with Crippen LogP contribution in [0.3, 0.4) is 0 Å². The van der Waals surface area contributed by atoms with Crippen molar-refractivity contribution in [1.29, 1.82) is 0 Å². The minimum Gasteiger partial charge on any atom is -0.357 e. The summed E-state index contributed by atoms with van der Waals surface area (Å²) in [6.45, 7) is 2.35. The van der Waals surface area contributed by atoms with Crippen LogP contribution in [0.2, 0.25) is 5.02 Å². The molecular weight excluding hydrogens is 314 g/mol. The molecule has 120 valence electrons. The summed E-state index contributed by atoms with van der Waals surface area (Å²) in [5.41, 5.74) is 1.17. The molecule has 1 aromatic heterocycles. The van der Waals surface area contributed by atoms with Crippen molar-refractivity contribution in [3.63, 3.8) is 0 Å². The van der Waals surface area contributed by atoms with Crippen LogP contribution in [0.15, 0.2) is 42.6 Å². The lowest BCUT2D eigenvalue weighted by molar-refractivity contribution is 0.0716. The summed E-state index contributed by atoms with van der Waals surface area (Å²) in [7, 11) is 0. The highest BCUT2D eigenvalue weighted by Crippen LogP contribution is 2.15. The molecule has 0 spiro atoms. The first-order valence-corrected chi connectivity index (χ1v) is 8.00. The summed E-state index contributed by atoms with van der Waals surface area (Å²) in [6.07, 6.45) is 2.50. The van der Waals surface area contributed by atoms with Crippen molar-refractivity contribution in [3.05, 3.63) is 58.9 Å². The Hall–Kier alpha value is -2.27. The van der Waals surface area contributed by atoms with Gasteiger partial charge in [0.1, 0.15) is 5.69 Å². The van der Waals surface area contributed by atoms with E-state index in [0.29, 0.717) is 42.5 Å². The van der Waals surface area contributed by atoms with Gasteiger partial charge in [-0.1, -0.05) is 17.7 Å². The summed E-state index contributed by atoms with van der Waals surface area (Å²) in [4.78, 5) is 31.5. The normalized spacial score (nSPS) is 15.3. The predicted octanol–water partition coefficient (Wildman–Crippen LogP) is 2.66. The monoisotopic (exact) mass is 331 g/mol. The summed E-state index contributed by atoms with van der Waals surface area (Å²) in [6, 6.07) is 10.5. The second-order valence-electron chi connectivity index (χ2n) is 5.53. The van der Waals surface area contributed by atoms with Crippen LogP contribution in [0.1, 0.15) is 27.3 Å². The van der Waals surface area contributed by atoms with Gasteiger partial charge in [0.25, 0.3) is 11.8 Å². The molecule has 23 heavy (non-hydrogen) atoms. The predicted molar refractivity (Wildman–Crippen MR) is 88.7 cm³/mol. The Morgan fingerprint density at radius 3 is 2.35 bits per heavy atom. The minimum atomic E-state index is -0.0401. The molecule has 0 saturated carbocycles. The third kappa shape index (κ3) is 3.56. The van der Waals surface area contributed by atoms with Gasteiger partial charge in [-0.15, -0.1) is 0 Å². The number of nitrogens with zero attached hydrogens (tertiary/aromatic N) is 2. The van der Waals surface area contributed by atoms with E-state index in [1.807, 2.05) is 0 Å². The van der Waals surface area contributed by atoms with Gasteiger partial charge in [-0.05, 0) is 36.8 Å². The van der Waals surface area contributed by atoms with E-state index in [9.17, 15) is 9.59 Å². The van der Waals surface area contributed by atoms with E-state index in [2.05, 4.69) is 4.98 Å². The van der Waals surface area contributed by atoms with E-state index in [4.69, 9.17) is 11.6 Å². The Labute approximate surface area is 139 Å². The first-order chi connectivity index (χ1) is 11.1. The van der Waals surface area contributed by atoms with E-state index in [0.717, 1.165) is 6.42 Å². The summed E-state index contributed by atoms with van der Waals surface area (Å²) in [5, 5.41) is 0.550. The number of nitrogens with one attached hydrogen (secondary N) is 1. The quantitative estimate of drug-likeness (QED) is 0.919. The maximum Gasteiger partial charge on any atom is 0.270 e. The Morgan fingerprint density at radius 1 is 0.957 bits per heavy atom. The lowest BCUT2D eigenvalue weighted by Gasteiger charge is -2.22. The van der Waals surface area contributed by atoms with Crippen molar-refractivity contribution >= 4 is 23.4 Å². The van der Waals surface area contributed by atoms with Gasteiger partial charge in [0.15, 0.2) is 0 Å². The van der Waals surface area contributed by atoms with E-state index in [-0.39, 0.29) is 11.8 Å². The van der Waals surface area contributed by atoms with Crippen molar-refractivity contribution in [1.82, 2.24) is 14.8 Å². The average molecular weight is 332 g/mol. The van der Waals surface area contributed by atoms with Crippen LogP contribution < -0.4 is 0 Å². The third-order valence-electron chi connectivity index (χ3n) is 3.97. The topological polar surface area (TPSA) is 56.4 Å². The fourth-order valence-corrected chi connectivity index (χ4v) is 2.95. The van der Waals surface area contributed by atoms with Gasteiger partial charge in [0.2, 0.25) is 0 Å². The highest BCUT2D eigenvalue weighted by atomic mass is 35.5. The van der Waals surface area contributed by atoms with E-state index in [1.165, 1.54) is 0 Å². The van der Waals surface area contributed by atoms with E-state index < -0.39 is 0 Å². The lowest BCUT2D eigenvalue weighted by atomic mass is 10.2. The first kappa shape index (κ1) is 15.6. The number of H-pyrrole nitrogens is 1. The molecule has 1 aliphatic rings. The molecule has 1 aliphatic heterocycles. The molecular formula is C17H18ClN3O2. The number of aromatic amines is 1. The zero-order chi connectivity index (χ0) is 16.2. The average Bonchev–Trinajstić information content (AvgIpc) is 2.98. The molecule has 1 N–H and O–H groups in total. The second-order valence-corrected chi connectivity index (χ2v) is 5.97. The van der Waals surface area contributed by atoms with Crippen molar-refractivity contribution < 1.29 is 9.59 Å². The smallest absolute Gasteiger partial charge is 0.270 e. The van der Waals surface area contributed by atoms with Crippen LogP contribution in [-0.2, 0) is 0 Å². The molecule has 2 heterocycles. The number of carbonyl (C=O) groups excluding carboxylic acids is 2. The van der Waals surface area contributed by atoms with E-state index >= 15 is 0 Å². The van der Waals surface area contributed by atoms with Crippen LogP contribution in [0, 0.1) is 0 Å². The number of amides is 2.